The summed E-state index contributed by atoms with van der Waals surface area (Å²) in [5.74, 6) is -0.0846. The summed E-state index contributed by atoms with van der Waals surface area (Å²) in [6.45, 7) is 5.27. The minimum Gasteiger partial charge on any atom is -0.385 e. The molecule has 0 bridgehead atoms. The van der Waals surface area contributed by atoms with Crippen LogP contribution in [0.3, 0.4) is 0 Å². The summed E-state index contributed by atoms with van der Waals surface area (Å²) in [6.07, 6.45) is 0.758. The molecule has 0 rings (SSSR count). The highest BCUT2D eigenvalue weighted by molar-refractivity contribution is 5.82. The molecule has 2 nitrogen and oxygen atoms in total. The average molecular weight is 129 g/mol. The fraction of sp³-hybridized carbons (Fsp3) is 0.714. The summed E-state index contributed by atoms with van der Waals surface area (Å²) >= 11 is 0. The van der Waals surface area contributed by atoms with Gasteiger partial charge in [-0.2, -0.15) is 0 Å². The molecule has 0 amide bonds. The van der Waals surface area contributed by atoms with E-state index in [-0.39, 0.29) is 5.78 Å². The fourth-order valence-electron chi connectivity index (χ4n) is 0.590. The normalized spacial score (nSPS) is 13.2. The number of aliphatic hydroxyl groups is 1. The first kappa shape index (κ1) is 8.63. The van der Waals surface area contributed by atoms with Gasteiger partial charge >= 0.3 is 0 Å². The maximum atomic E-state index is 10.6. The zero-order chi connectivity index (χ0) is 7.28. The molecular weight excluding hydrogens is 116 g/mol. The second-order valence-corrected chi connectivity index (χ2v) is 1.98. The van der Waals surface area contributed by atoms with Gasteiger partial charge in [-0.25, -0.2) is 0 Å². The van der Waals surface area contributed by atoms with E-state index in [1.165, 1.54) is 0 Å². The summed E-state index contributed by atoms with van der Waals surface area (Å²) < 4.78 is 0. The van der Waals surface area contributed by atoms with E-state index >= 15 is 0 Å². The highest BCUT2D eigenvalue weighted by Gasteiger charge is 2.09. The van der Waals surface area contributed by atoms with Gasteiger partial charge in [-0.15, -0.1) is 0 Å². The number of carbonyl (C=O) groups is 1. The van der Waals surface area contributed by atoms with Crippen molar-refractivity contribution in [1.29, 1.82) is 0 Å². The van der Waals surface area contributed by atoms with Crippen LogP contribution in [-0.2, 0) is 4.79 Å². The summed E-state index contributed by atoms with van der Waals surface area (Å²) in [6, 6.07) is 0. The molecule has 0 spiro atoms. The Kier molecular flexibility index (Phi) is 4.32. The molecule has 0 saturated carbocycles. The fourth-order valence-corrected chi connectivity index (χ4v) is 0.590. The number of hydrogen-bond acceptors (Lipinski definition) is 2. The SMILES string of the molecule is [CH2]CCC(O)C(=O)CC. The second-order valence-electron chi connectivity index (χ2n) is 1.98. The predicted octanol–water partition coefficient (Wildman–Crippen LogP) is 0.941. The predicted molar refractivity (Wildman–Crippen MR) is 35.9 cm³/mol. The quantitative estimate of drug-likeness (QED) is 0.613. The first-order valence-corrected chi connectivity index (χ1v) is 3.22. The van der Waals surface area contributed by atoms with E-state index in [0.29, 0.717) is 19.3 Å². The van der Waals surface area contributed by atoms with Crippen molar-refractivity contribution < 1.29 is 9.90 Å². The van der Waals surface area contributed by atoms with Gasteiger partial charge < -0.3 is 5.11 Å². The van der Waals surface area contributed by atoms with Gasteiger partial charge in [0.25, 0.3) is 0 Å². The van der Waals surface area contributed by atoms with Gasteiger partial charge in [0, 0.05) is 6.42 Å². The Morgan fingerprint density at radius 1 is 1.78 bits per heavy atom. The van der Waals surface area contributed by atoms with Gasteiger partial charge in [0.15, 0.2) is 5.78 Å². The smallest absolute Gasteiger partial charge is 0.160 e. The number of carbonyl (C=O) groups excluding carboxylic acids is 1. The molecule has 0 aliphatic carbocycles. The zero-order valence-corrected chi connectivity index (χ0v) is 5.76. The minimum absolute atomic E-state index is 0.0846. The van der Waals surface area contributed by atoms with Crippen molar-refractivity contribution in [3.05, 3.63) is 6.92 Å². The standard InChI is InChI=1S/C7H13O2/c1-3-5-7(9)6(8)4-2/h7,9H,1,3-5H2,2H3. The van der Waals surface area contributed by atoms with Crippen LogP contribution in [0.2, 0.25) is 0 Å². The first-order valence-electron chi connectivity index (χ1n) is 3.22. The van der Waals surface area contributed by atoms with Crippen molar-refractivity contribution >= 4 is 5.78 Å². The number of Topliss-reactive ketones (excluding diaryl/α,β-unsaturated/α-hetero) is 1. The van der Waals surface area contributed by atoms with Gasteiger partial charge in [-0.05, 0) is 6.42 Å². The van der Waals surface area contributed by atoms with Crippen molar-refractivity contribution in [2.75, 3.05) is 0 Å². The summed E-state index contributed by atoms with van der Waals surface area (Å²) in [5, 5.41) is 8.93. The molecule has 1 atom stereocenters. The Balaban J connectivity index is 3.45. The molecule has 0 aromatic carbocycles. The van der Waals surface area contributed by atoms with E-state index in [4.69, 9.17) is 5.11 Å². The third kappa shape index (κ3) is 3.25. The molecular formula is C7H13O2. The van der Waals surface area contributed by atoms with Crippen molar-refractivity contribution in [2.45, 2.75) is 32.3 Å². The molecule has 1 unspecified atom stereocenters. The molecule has 0 aromatic rings. The summed E-state index contributed by atoms with van der Waals surface area (Å²) in [5.41, 5.74) is 0. The highest BCUT2D eigenvalue weighted by Crippen LogP contribution is 1.98. The van der Waals surface area contributed by atoms with Gasteiger partial charge in [-0.3, -0.25) is 4.79 Å². The van der Waals surface area contributed by atoms with Crippen molar-refractivity contribution in [3.63, 3.8) is 0 Å². The zero-order valence-electron chi connectivity index (χ0n) is 5.76. The Hall–Kier alpha value is -0.370. The van der Waals surface area contributed by atoms with Crippen LogP contribution < -0.4 is 0 Å². The molecule has 9 heavy (non-hydrogen) atoms. The molecule has 53 valence electrons. The topological polar surface area (TPSA) is 37.3 Å². The Labute approximate surface area is 55.9 Å². The van der Waals surface area contributed by atoms with Crippen LogP contribution in [0.25, 0.3) is 0 Å². The Morgan fingerprint density at radius 3 is 2.67 bits per heavy atom. The molecule has 1 N–H and O–H groups in total. The molecule has 0 aliphatic rings. The van der Waals surface area contributed by atoms with Crippen LogP contribution in [0.5, 0.6) is 0 Å². The molecule has 2 heteroatoms. The van der Waals surface area contributed by atoms with E-state index in [2.05, 4.69) is 6.92 Å². The maximum absolute atomic E-state index is 10.6. The van der Waals surface area contributed by atoms with Crippen LogP contribution in [0.4, 0.5) is 0 Å². The monoisotopic (exact) mass is 129 g/mol. The molecule has 0 aromatic heterocycles. The van der Waals surface area contributed by atoms with E-state index in [9.17, 15) is 4.79 Å². The van der Waals surface area contributed by atoms with Gasteiger partial charge in [-0.1, -0.05) is 20.3 Å². The lowest BCUT2D eigenvalue weighted by atomic mass is 10.1. The van der Waals surface area contributed by atoms with Crippen molar-refractivity contribution in [3.8, 4) is 0 Å². The number of hydrogen-bond donors (Lipinski definition) is 1. The lowest BCUT2D eigenvalue weighted by Crippen LogP contribution is -2.18. The molecule has 1 radical (unpaired) electrons. The second kappa shape index (κ2) is 4.50. The minimum atomic E-state index is -0.771. The van der Waals surface area contributed by atoms with E-state index in [1.54, 1.807) is 6.92 Å². The third-order valence-electron chi connectivity index (χ3n) is 1.20. The average Bonchev–Trinajstić information content (AvgIpc) is 1.87. The third-order valence-corrected chi connectivity index (χ3v) is 1.20. The summed E-state index contributed by atoms with van der Waals surface area (Å²) in [7, 11) is 0. The molecule has 0 heterocycles. The van der Waals surface area contributed by atoms with Gasteiger partial charge in [0.05, 0.1) is 0 Å². The Bertz CT molecular complexity index is 88.9. The molecule has 0 saturated heterocycles. The highest BCUT2D eigenvalue weighted by atomic mass is 16.3. The van der Waals surface area contributed by atoms with Crippen LogP contribution in [0.15, 0.2) is 0 Å². The van der Waals surface area contributed by atoms with Crippen LogP contribution in [0.1, 0.15) is 26.2 Å². The Morgan fingerprint density at radius 2 is 2.33 bits per heavy atom. The van der Waals surface area contributed by atoms with Gasteiger partial charge in [0.2, 0.25) is 0 Å². The summed E-state index contributed by atoms with van der Waals surface area (Å²) in [4.78, 5) is 10.6. The van der Waals surface area contributed by atoms with Crippen LogP contribution in [-0.4, -0.2) is 17.0 Å². The van der Waals surface area contributed by atoms with Crippen molar-refractivity contribution in [1.82, 2.24) is 0 Å². The number of aliphatic hydroxyl groups excluding tert-OH is 1. The molecule has 0 fully saturated rings. The largest absolute Gasteiger partial charge is 0.385 e. The van der Waals surface area contributed by atoms with Crippen molar-refractivity contribution in [2.24, 2.45) is 0 Å². The van der Waals surface area contributed by atoms with E-state index < -0.39 is 6.10 Å². The van der Waals surface area contributed by atoms with E-state index in [0.717, 1.165) is 0 Å². The number of ketones is 1. The lowest BCUT2D eigenvalue weighted by Gasteiger charge is -2.03. The van der Waals surface area contributed by atoms with Gasteiger partial charge in [0.1, 0.15) is 6.10 Å². The maximum Gasteiger partial charge on any atom is 0.160 e. The first-order chi connectivity index (χ1) is 4.22. The van der Waals surface area contributed by atoms with E-state index in [1.807, 2.05) is 0 Å². The number of rotatable bonds is 4. The molecule has 0 aliphatic heterocycles. The van der Waals surface area contributed by atoms with Crippen LogP contribution in [0, 0.1) is 6.92 Å². The van der Waals surface area contributed by atoms with Crippen LogP contribution >= 0.6 is 0 Å². The lowest BCUT2D eigenvalue weighted by molar-refractivity contribution is -0.127.